The summed E-state index contributed by atoms with van der Waals surface area (Å²) >= 11 is 12.1. The molecule has 1 aromatic heterocycles. The van der Waals surface area contributed by atoms with Crippen molar-refractivity contribution in [2.24, 2.45) is 12.0 Å². The minimum atomic E-state index is 0.534. The van der Waals surface area contributed by atoms with Gasteiger partial charge in [-0.1, -0.05) is 29.3 Å². The van der Waals surface area contributed by atoms with Crippen molar-refractivity contribution in [3.63, 3.8) is 0 Å². The molecule has 0 unspecified atom stereocenters. The van der Waals surface area contributed by atoms with E-state index in [1.54, 1.807) is 21.3 Å². The summed E-state index contributed by atoms with van der Waals surface area (Å²) in [4.78, 5) is 4.24. The molecule has 2 N–H and O–H groups in total. The number of ether oxygens (including phenoxy) is 2. The molecule has 148 valence electrons. The summed E-state index contributed by atoms with van der Waals surface area (Å²) in [6.45, 7) is 1.38. The highest BCUT2D eigenvalue weighted by Gasteiger charge is 2.09. The zero-order valence-electron chi connectivity index (χ0n) is 16.1. The number of aliphatic imine (C=N–C) groups is 1. The van der Waals surface area contributed by atoms with Gasteiger partial charge in [0.15, 0.2) is 17.5 Å². The fourth-order valence-electron chi connectivity index (χ4n) is 2.69. The van der Waals surface area contributed by atoms with Crippen LogP contribution in [0.4, 0.5) is 0 Å². The molecule has 0 spiro atoms. The number of guanidine groups is 1. The number of aryl methyl sites for hydroxylation is 1. The van der Waals surface area contributed by atoms with E-state index in [2.05, 4.69) is 21.7 Å². The maximum atomic E-state index is 6.09. The molecule has 0 radical (unpaired) electrons. The van der Waals surface area contributed by atoms with Crippen molar-refractivity contribution in [2.75, 3.05) is 27.8 Å². The van der Waals surface area contributed by atoms with E-state index >= 15 is 0 Å². The quantitative estimate of drug-likeness (QED) is 0.394. The van der Waals surface area contributed by atoms with E-state index in [-0.39, 0.29) is 0 Å². The van der Waals surface area contributed by atoms with Gasteiger partial charge in [-0.3, -0.25) is 4.99 Å². The van der Waals surface area contributed by atoms with Crippen molar-refractivity contribution in [1.29, 1.82) is 0 Å². The molecule has 2 rings (SSSR count). The number of aromatic nitrogens is 1. The minimum Gasteiger partial charge on any atom is -0.493 e. The first kappa shape index (κ1) is 21.3. The van der Waals surface area contributed by atoms with Crippen molar-refractivity contribution >= 4 is 29.2 Å². The van der Waals surface area contributed by atoms with Gasteiger partial charge < -0.3 is 24.7 Å². The lowest BCUT2D eigenvalue weighted by Gasteiger charge is -2.13. The van der Waals surface area contributed by atoms with Crippen molar-refractivity contribution in [1.82, 2.24) is 15.2 Å². The van der Waals surface area contributed by atoms with Crippen LogP contribution in [0.3, 0.4) is 0 Å². The van der Waals surface area contributed by atoms with Crippen molar-refractivity contribution < 1.29 is 9.47 Å². The Hall–Kier alpha value is -2.05. The van der Waals surface area contributed by atoms with Crippen LogP contribution in [0.5, 0.6) is 11.5 Å². The second-order valence-corrected chi connectivity index (χ2v) is 6.74. The summed E-state index contributed by atoms with van der Waals surface area (Å²) in [6.07, 6.45) is 1.88. The minimum absolute atomic E-state index is 0.534. The number of methoxy groups -OCH3 is 2. The third-order valence-corrected chi connectivity index (χ3v) is 5.10. The Kier molecular flexibility index (Phi) is 8.13. The highest BCUT2D eigenvalue weighted by atomic mass is 35.5. The number of nitrogens with zero attached hydrogens (tertiary/aromatic N) is 2. The van der Waals surface area contributed by atoms with Crippen molar-refractivity contribution in [3.05, 3.63) is 45.7 Å². The summed E-state index contributed by atoms with van der Waals surface area (Å²) in [6, 6.07) is 7.84. The monoisotopic (exact) mass is 412 g/mol. The van der Waals surface area contributed by atoms with Gasteiger partial charge in [0.05, 0.1) is 25.8 Å². The average Bonchev–Trinajstić information content (AvgIpc) is 2.93. The number of halogens is 2. The molecule has 0 amide bonds. The lowest BCUT2D eigenvalue weighted by atomic mass is 10.1. The highest BCUT2D eigenvalue weighted by molar-refractivity contribution is 6.41. The highest BCUT2D eigenvalue weighted by Crippen LogP contribution is 2.28. The maximum Gasteiger partial charge on any atom is 0.191 e. The molecule has 0 aliphatic rings. The van der Waals surface area contributed by atoms with Gasteiger partial charge in [0.1, 0.15) is 5.15 Å². The van der Waals surface area contributed by atoms with Gasteiger partial charge >= 0.3 is 0 Å². The zero-order chi connectivity index (χ0) is 19.8. The molecule has 0 saturated heterocycles. The largest absolute Gasteiger partial charge is 0.493 e. The second kappa shape index (κ2) is 10.3. The molecule has 2 aromatic rings. The smallest absolute Gasteiger partial charge is 0.191 e. The van der Waals surface area contributed by atoms with E-state index in [4.69, 9.17) is 32.7 Å². The van der Waals surface area contributed by atoms with Gasteiger partial charge in [-0.2, -0.15) is 0 Å². The zero-order valence-corrected chi connectivity index (χ0v) is 17.6. The van der Waals surface area contributed by atoms with Gasteiger partial charge in [-0.05, 0) is 36.6 Å². The Morgan fingerprint density at radius 1 is 1.11 bits per heavy atom. The molecule has 0 atom stereocenters. The molecular weight excluding hydrogens is 387 g/mol. The Labute approximate surface area is 170 Å². The van der Waals surface area contributed by atoms with Gasteiger partial charge in [0.2, 0.25) is 0 Å². The van der Waals surface area contributed by atoms with E-state index in [0.717, 1.165) is 42.5 Å². The number of hydrogen-bond donors (Lipinski definition) is 2. The fraction of sp³-hybridized carbons (Fsp3) is 0.421. The summed E-state index contributed by atoms with van der Waals surface area (Å²) in [5.74, 6) is 2.22. The van der Waals surface area contributed by atoms with Crippen LogP contribution in [0.25, 0.3) is 0 Å². The Morgan fingerprint density at radius 3 is 2.44 bits per heavy atom. The van der Waals surface area contributed by atoms with Crippen molar-refractivity contribution in [3.8, 4) is 11.5 Å². The number of benzene rings is 1. The molecule has 1 aromatic carbocycles. The molecule has 8 heteroatoms. The predicted octanol–water partition coefficient (Wildman–Crippen LogP) is 3.65. The van der Waals surface area contributed by atoms with E-state index in [1.807, 2.05) is 29.8 Å². The molecule has 0 bridgehead atoms. The topological polar surface area (TPSA) is 59.8 Å². The SMILES string of the molecule is CN=C(NCCCc1ccc(OC)c(OC)c1)NCc1cc(Cl)c(Cl)n1C. The maximum absolute atomic E-state index is 6.09. The lowest BCUT2D eigenvalue weighted by Crippen LogP contribution is -2.37. The first-order chi connectivity index (χ1) is 13.0. The predicted molar refractivity (Wildman–Crippen MR) is 112 cm³/mol. The number of rotatable bonds is 8. The number of hydrogen-bond acceptors (Lipinski definition) is 3. The molecular formula is C19H26Cl2N4O2. The standard InChI is InChI=1S/C19H26Cl2N4O2/c1-22-19(24-12-14-11-15(20)18(21)25(14)2)23-9-5-6-13-7-8-16(26-3)17(10-13)27-4/h7-8,10-11H,5-6,9,12H2,1-4H3,(H2,22,23,24). The van der Waals surface area contributed by atoms with Gasteiger partial charge in [-0.25, -0.2) is 0 Å². The van der Waals surface area contributed by atoms with Crippen LogP contribution in [0, 0.1) is 0 Å². The van der Waals surface area contributed by atoms with Crippen LogP contribution in [-0.2, 0) is 20.0 Å². The van der Waals surface area contributed by atoms with E-state index in [9.17, 15) is 0 Å². The van der Waals surface area contributed by atoms with E-state index in [1.165, 1.54) is 5.56 Å². The molecule has 27 heavy (non-hydrogen) atoms. The number of nitrogens with one attached hydrogen (secondary N) is 2. The van der Waals surface area contributed by atoms with Crippen LogP contribution in [-0.4, -0.2) is 38.3 Å². The summed E-state index contributed by atoms with van der Waals surface area (Å²) in [7, 11) is 6.91. The summed E-state index contributed by atoms with van der Waals surface area (Å²) in [5, 5.41) is 7.66. The van der Waals surface area contributed by atoms with Gasteiger partial charge in [-0.15, -0.1) is 0 Å². The Balaban J connectivity index is 1.79. The van der Waals surface area contributed by atoms with Gasteiger partial charge in [0.25, 0.3) is 0 Å². The third-order valence-electron chi connectivity index (χ3n) is 4.26. The van der Waals surface area contributed by atoms with Crippen LogP contribution < -0.4 is 20.1 Å². The van der Waals surface area contributed by atoms with Crippen LogP contribution in [0.2, 0.25) is 10.2 Å². The van der Waals surface area contributed by atoms with Crippen LogP contribution >= 0.6 is 23.2 Å². The van der Waals surface area contributed by atoms with E-state index in [0.29, 0.717) is 16.7 Å². The molecule has 0 aliphatic carbocycles. The summed E-state index contributed by atoms with van der Waals surface area (Å²) in [5.41, 5.74) is 2.18. The molecule has 0 aliphatic heterocycles. The Morgan fingerprint density at radius 2 is 1.85 bits per heavy atom. The van der Waals surface area contributed by atoms with Crippen molar-refractivity contribution in [2.45, 2.75) is 19.4 Å². The normalized spacial score (nSPS) is 11.4. The average molecular weight is 413 g/mol. The third kappa shape index (κ3) is 5.71. The molecule has 0 fully saturated rings. The summed E-state index contributed by atoms with van der Waals surface area (Å²) < 4.78 is 12.5. The second-order valence-electron chi connectivity index (χ2n) is 5.98. The van der Waals surface area contributed by atoms with E-state index < -0.39 is 0 Å². The first-order valence-electron chi connectivity index (χ1n) is 8.65. The molecule has 1 heterocycles. The fourth-order valence-corrected chi connectivity index (χ4v) is 3.10. The lowest BCUT2D eigenvalue weighted by molar-refractivity contribution is 0.354. The molecule has 0 saturated carbocycles. The Bertz CT molecular complexity index is 790. The van der Waals surface area contributed by atoms with Crippen LogP contribution in [0.15, 0.2) is 29.3 Å². The molecule has 6 nitrogen and oxygen atoms in total. The first-order valence-corrected chi connectivity index (χ1v) is 9.40. The van der Waals surface area contributed by atoms with Gasteiger partial charge in [0, 0.05) is 26.3 Å². The van der Waals surface area contributed by atoms with Crippen LogP contribution in [0.1, 0.15) is 17.7 Å².